The SMILES string of the molecule is CC(Nc1ccc(C(=O)N(C)Cc2ccc(N3CCCCC3)cc2)cc1[N+](=O)[O-])c1ccccn1. The Morgan fingerprint density at radius 3 is 2.51 bits per heavy atom. The number of carbonyl (C=O) groups is 1. The minimum absolute atomic E-state index is 0.141. The zero-order valence-electron chi connectivity index (χ0n) is 20.2. The van der Waals surface area contributed by atoms with Crippen LogP contribution < -0.4 is 10.2 Å². The zero-order chi connectivity index (χ0) is 24.8. The summed E-state index contributed by atoms with van der Waals surface area (Å²) in [5, 5.41) is 14.9. The molecule has 2 aromatic carbocycles. The highest BCUT2D eigenvalue weighted by Gasteiger charge is 2.21. The summed E-state index contributed by atoms with van der Waals surface area (Å²) in [6.45, 7) is 4.48. The van der Waals surface area contributed by atoms with Gasteiger partial charge in [0.15, 0.2) is 0 Å². The highest BCUT2D eigenvalue weighted by Crippen LogP contribution is 2.29. The molecule has 1 aromatic heterocycles. The second-order valence-corrected chi connectivity index (χ2v) is 8.99. The fourth-order valence-electron chi connectivity index (χ4n) is 4.41. The van der Waals surface area contributed by atoms with Gasteiger partial charge in [-0.2, -0.15) is 0 Å². The molecular formula is C27H31N5O3. The average Bonchev–Trinajstić information content (AvgIpc) is 2.89. The van der Waals surface area contributed by atoms with Gasteiger partial charge in [0.05, 0.1) is 16.7 Å². The van der Waals surface area contributed by atoms with Crippen LogP contribution in [0.4, 0.5) is 17.1 Å². The van der Waals surface area contributed by atoms with Gasteiger partial charge in [0.2, 0.25) is 0 Å². The standard InChI is InChI=1S/C27H31N5O3/c1-20(24-8-4-5-15-28-24)29-25-14-11-22(18-26(25)32(34)35)27(33)30(2)19-21-9-12-23(13-10-21)31-16-6-3-7-17-31/h4-5,8-15,18,20,29H,3,6-7,16-17,19H2,1-2H3. The van der Waals surface area contributed by atoms with Crippen molar-refractivity contribution >= 4 is 23.0 Å². The lowest BCUT2D eigenvalue weighted by atomic mass is 10.1. The fraction of sp³-hybridized carbons (Fsp3) is 0.333. The number of hydrogen-bond donors (Lipinski definition) is 1. The van der Waals surface area contributed by atoms with E-state index >= 15 is 0 Å². The third-order valence-electron chi connectivity index (χ3n) is 6.37. The van der Waals surface area contributed by atoms with E-state index in [1.807, 2.05) is 37.3 Å². The lowest BCUT2D eigenvalue weighted by Gasteiger charge is -2.29. The Hall–Kier alpha value is -3.94. The summed E-state index contributed by atoms with van der Waals surface area (Å²) in [6, 6.07) is 18.2. The van der Waals surface area contributed by atoms with Gasteiger partial charge in [-0.15, -0.1) is 0 Å². The summed E-state index contributed by atoms with van der Waals surface area (Å²) in [4.78, 5) is 32.6. The largest absolute Gasteiger partial charge is 0.372 e. The molecule has 1 atom stereocenters. The van der Waals surface area contributed by atoms with Gasteiger partial charge in [0.1, 0.15) is 5.69 Å². The van der Waals surface area contributed by atoms with Crippen LogP contribution in [0.2, 0.25) is 0 Å². The van der Waals surface area contributed by atoms with Crippen molar-refractivity contribution in [3.05, 3.63) is 93.8 Å². The van der Waals surface area contributed by atoms with Crippen LogP contribution in [0, 0.1) is 10.1 Å². The smallest absolute Gasteiger partial charge is 0.293 e. The molecule has 1 amide bonds. The van der Waals surface area contributed by atoms with Gasteiger partial charge in [0, 0.05) is 50.2 Å². The van der Waals surface area contributed by atoms with Crippen LogP contribution in [-0.4, -0.2) is 40.9 Å². The summed E-state index contributed by atoms with van der Waals surface area (Å²) < 4.78 is 0. The molecule has 35 heavy (non-hydrogen) atoms. The molecule has 2 heterocycles. The number of nitro benzene ring substituents is 1. The second-order valence-electron chi connectivity index (χ2n) is 8.99. The highest BCUT2D eigenvalue weighted by atomic mass is 16.6. The maximum atomic E-state index is 13.1. The van der Waals surface area contributed by atoms with Crippen molar-refractivity contribution in [2.75, 3.05) is 30.4 Å². The molecule has 182 valence electrons. The first-order valence-corrected chi connectivity index (χ1v) is 12.0. The molecule has 0 saturated carbocycles. The number of hydrogen-bond acceptors (Lipinski definition) is 6. The molecule has 0 radical (unpaired) electrons. The maximum absolute atomic E-state index is 13.1. The van der Waals surface area contributed by atoms with Crippen molar-refractivity contribution in [3.63, 3.8) is 0 Å². The van der Waals surface area contributed by atoms with Gasteiger partial charge in [-0.3, -0.25) is 19.9 Å². The quantitative estimate of drug-likeness (QED) is 0.347. The van der Waals surface area contributed by atoms with E-state index in [2.05, 4.69) is 27.3 Å². The number of nitro groups is 1. The first-order chi connectivity index (χ1) is 16.9. The zero-order valence-corrected chi connectivity index (χ0v) is 20.2. The van der Waals surface area contributed by atoms with Crippen LogP contribution in [0.5, 0.6) is 0 Å². The highest BCUT2D eigenvalue weighted by molar-refractivity contribution is 5.95. The molecule has 1 saturated heterocycles. The Morgan fingerprint density at radius 1 is 1.11 bits per heavy atom. The van der Waals surface area contributed by atoms with Crippen molar-refractivity contribution in [1.82, 2.24) is 9.88 Å². The summed E-state index contributed by atoms with van der Waals surface area (Å²) in [6.07, 6.45) is 5.42. The lowest BCUT2D eigenvalue weighted by Crippen LogP contribution is -2.29. The molecule has 0 bridgehead atoms. The van der Waals surface area contributed by atoms with Crippen LogP contribution in [0.1, 0.15) is 53.8 Å². The minimum Gasteiger partial charge on any atom is -0.372 e. The van der Waals surface area contributed by atoms with E-state index in [1.165, 1.54) is 31.0 Å². The van der Waals surface area contributed by atoms with Gasteiger partial charge < -0.3 is 15.1 Å². The van der Waals surface area contributed by atoms with Crippen molar-refractivity contribution in [2.24, 2.45) is 0 Å². The van der Waals surface area contributed by atoms with Gasteiger partial charge in [-0.05, 0) is 68.1 Å². The van der Waals surface area contributed by atoms with E-state index < -0.39 is 4.92 Å². The topological polar surface area (TPSA) is 91.6 Å². The molecule has 1 N–H and O–H groups in total. The Kier molecular flexibility index (Phi) is 7.60. The lowest BCUT2D eigenvalue weighted by molar-refractivity contribution is -0.384. The summed E-state index contributed by atoms with van der Waals surface area (Å²) in [5.74, 6) is -0.266. The predicted molar refractivity (Wildman–Crippen MR) is 138 cm³/mol. The number of anilines is 2. The second kappa shape index (κ2) is 11.0. The number of aromatic nitrogens is 1. The summed E-state index contributed by atoms with van der Waals surface area (Å²) >= 11 is 0. The van der Waals surface area contributed by atoms with E-state index in [4.69, 9.17) is 0 Å². The molecule has 1 unspecified atom stereocenters. The molecule has 0 aliphatic carbocycles. The van der Waals surface area contributed by atoms with Crippen LogP contribution in [-0.2, 0) is 6.54 Å². The predicted octanol–water partition coefficient (Wildman–Crippen LogP) is 5.43. The molecule has 1 aliphatic heterocycles. The van der Waals surface area contributed by atoms with Crippen LogP contribution >= 0.6 is 0 Å². The molecule has 0 spiro atoms. The number of carbonyl (C=O) groups excluding carboxylic acids is 1. The minimum atomic E-state index is -0.469. The number of nitrogens with zero attached hydrogens (tertiary/aromatic N) is 4. The van der Waals surface area contributed by atoms with Crippen molar-refractivity contribution in [3.8, 4) is 0 Å². The van der Waals surface area contributed by atoms with Crippen LogP contribution in [0.3, 0.4) is 0 Å². The molecule has 1 fully saturated rings. The number of rotatable bonds is 8. The van der Waals surface area contributed by atoms with Gasteiger partial charge in [-0.25, -0.2) is 0 Å². The van der Waals surface area contributed by atoms with E-state index in [9.17, 15) is 14.9 Å². The monoisotopic (exact) mass is 473 g/mol. The van der Waals surface area contributed by atoms with E-state index in [1.54, 1.807) is 30.3 Å². The van der Waals surface area contributed by atoms with E-state index in [0.717, 1.165) is 24.3 Å². The van der Waals surface area contributed by atoms with Crippen LogP contribution in [0.25, 0.3) is 0 Å². The maximum Gasteiger partial charge on any atom is 0.293 e. The number of benzene rings is 2. The average molecular weight is 474 g/mol. The molecule has 8 heteroatoms. The Labute approximate surface area is 205 Å². The van der Waals surface area contributed by atoms with Crippen molar-refractivity contribution < 1.29 is 9.72 Å². The Balaban J connectivity index is 1.44. The Bertz CT molecular complexity index is 1160. The van der Waals surface area contributed by atoms with E-state index in [-0.39, 0.29) is 23.2 Å². The number of piperidine rings is 1. The summed E-state index contributed by atoms with van der Waals surface area (Å²) in [7, 11) is 1.71. The van der Waals surface area contributed by atoms with Gasteiger partial charge in [0.25, 0.3) is 11.6 Å². The Morgan fingerprint density at radius 2 is 1.86 bits per heavy atom. The third-order valence-corrected chi connectivity index (χ3v) is 6.37. The first kappa shape index (κ1) is 24.2. The summed E-state index contributed by atoms with van der Waals surface area (Å²) in [5.41, 5.74) is 3.48. The van der Waals surface area contributed by atoms with Crippen LogP contribution in [0.15, 0.2) is 66.9 Å². The third kappa shape index (κ3) is 5.95. The normalized spacial score (nSPS) is 14.3. The van der Waals surface area contributed by atoms with E-state index in [0.29, 0.717) is 12.2 Å². The fourth-order valence-corrected chi connectivity index (χ4v) is 4.41. The molecule has 3 aromatic rings. The molecule has 8 nitrogen and oxygen atoms in total. The van der Waals surface area contributed by atoms with Gasteiger partial charge in [-0.1, -0.05) is 18.2 Å². The first-order valence-electron chi connectivity index (χ1n) is 12.0. The molecular weight excluding hydrogens is 442 g/mol. The molecule has 1 aliphatic rings. The van der Waals surface area contributed by atoms with Crippen molar-refractivity contribution in [2.45, 2.75) is 38.8 Å². The number of amides is 1. The number of nitrogens with one attached hydrogen (secondary N) is 1. The number of pyridine rings is 1. The van der Waals surface area contributed by atoms with Crippen molar-refractivity contribution in [1.29, 1.82) is 0 Å². The molecule has 4 rings (SSSR count). The van der Waals surface area contributed by atoms with Gasteiger partial charge >= 0.3 is 0 Å².